The fraction of sp³-hybridized carbons (Fsp3) is 0.929. The molecule has 3 fully saturated rings. The van der Waals surface area contributed by atoms with Gasteiger partial charge in [-0.15, -0.1) is 0 Å². The number of aliphatic hydroxyl groups is 1. The first-order chi connectivity index (χ1) is 8.45. The Hall–Kier alpha value is -0.630. The van der Waals surface area contributed by atoms with Crippen LogP contribution in [0, 0.1) is 34.5 Å². The van der Waals surface area contributed by atoms with Crippen molar-refractivity contribution in [3.63, 3.8) is 0 Å². The van der Waals surface area contributed by atoms with Crippen LogP contribution in [0.15, 0.2) is 0 Å². The number of ether oxygens (including phenoxy) is 2. The van der Waals surface area contributed by atoms with Gasteiger partial charge in [0.25, 0.3) is 0 Å². The van der Waals surface area contributed by atoms with E-state index in [0.29, 0.717) is 19.1 Å². The zero-order chi connectivity index (χ0) is 13.0. The van der Waals surface area contributed by atoms with Gasteiger partial charge in [-0.3, -0.25) is 0 Å². The van der Waals surface area contributed by atoms with E-state index in [-0.39, 0.29) is 17.3 Å². The molecule has 1 N–H and O–H groups in total. The number of rotatable bonds is 0. The van der Waals surface area contributed by atoms with Crippen LogP contribution in [0.1, 0.15) is 33.1 Å². The number of nitriles is 1. The zero-order valence-corrected chi connectivity index (χ0v) is 11.1. The van der Waals surface area contributed by atoms with E-state index in [1.807, 2.05) is 0 Å². The molecule has 4 atom stereocenters. The lowest BCUT2D eigenvalue weighted by Crippen LogP contribution is -2.46. The van der Waals surface area contributed by atoms with Gasteiger partial charge in [0.2, 0.25) is 0 Å². The van der Waals surface area contributed by atoms with Crippen LogP contribution in [0.2, 0.25) is 0 Å². The van der Waals surface area contributed by atoms with Crippen LogP contribution in [-0.4, -0.2) is 30.2 Å². The minimum absolute atomic E-state index is 0.0805. The normalized spacial score (nSPS) is 44.8. The van der Waals surface area contributed by atoms with Crippen LogP contribution < -0.4 is 0 Å². The molecule has 0 aromatic rings. The molecule has 4 heteroatoms. The Morgan fingerprint density at radius 1 is 1.22 bits per heavy atom. The highest BCUT2D eigenvalue weighted by atomic mass is 16.7. The lowest BCUT2D eigenvalue weighted by atomic mass is 9.91. The average molecular weight is 251 g/mol. The summed E-state index contributed by atoms with van der Waals surface area (Å²) in [7, 11) is 0. The molecule has 4 unspecified atom stereocenters. The highest BCUT2D eigenvalue weighted by Crippen LogP contribution is 2.54. The standard InChI is InChI=1S/C14H21NO3/c1-13(2)7-17-14(18-8-13)4-9-3-12(16)11(6-15)10(9)5-14/h9-12,16H,3-5,7-8H2,1-2H3. The van der Waals surface area contributed by atoms with Crippen molar-refractivity contribution in [2.24, 2.45) is 23.2 Å². The molecule has 4 nitrogen and oxygen atoms in total. The van der Waals surface area contributed by atoms with E-state index in [9.17, 15) is 5.11 Å². The van der Waals surface area contributed by atoms with E-state index in [4.69, 9.17) is 14.7 Å². The van der Waals surface area contributed by atoms with Gasteiger partial charge in [-0.25, -0.2) is 0 Å². The Morgan fingerprint density at radius 2 is 1.89 bits per heavy atom. The third-order valence-corrected chi connectivity index (χ3v) is 4.75. The predicted molar refractivity (Wildman–Crippen MR) is 64.4 cm³/mol. The van der Waals surface area contributed by atoms with E-state index >= 15 is 0 Å². The maximum atomic E-state index is 9.86. The van der Waals surface area contributed by atoms with Crippen molar-refractivity contribution in [3.05, 3.63) is 0 Å². The van der Waals surface area contributed by atoms with Crippen molar-refractivity contribution in [1.29, 1.82) is 5.26 Å². The quantitative estimate of drug-likeness (QED) is 0.711. The molecular weight excluding hydrogens is 230 g/mol. The fourth-order valence-electron chi connectivity index (χ4n) is 3.74. The third kappa shape index (κ3) is 1.85. The Labute approximate surface area is 108 Å². The number of aliphatic hydroxyl groups excluding tert-OH is 1. The fourth-order valence-corrected chi connectivity index (χ4v) is 3.74. The zero-order valence-electron chi connectivity index (χ0n) is 11.1. The molecule has 0 amide bonds. The summed E-state index contributed by atoms with van der Waals surface area (Å²) in [5, 5.41) is 19.0. The summed E-state index contributed by atoms with van der Waals surface area (Å²) in [5.41, 5.74) is 0.0805. The molecule has 2 aliphatic carbocycles. The Morgan fingerprint density at radius 3 is 2.50 bits per heavy atom. The van der Waals surface area contributed by atoms with Gasteiger partial charge in [0, 0.05) is 18.3 Å². The lowest BCUT2D eigenvalue weighted by Gasteiger charge is -2.42. The second-order valence-corrected chi connectivity index (χ2v) is 6.94. The summed E-state index contributed by atoms with van der Waals surface area (Å²) in [5.74, 6) is -0.0892. The Balaban J connectivity index is 1.72. The van der Waals surface area contributed by atoms with Crippen molar-refractivity contribution >= 4 is 0 Å². The highest BCUT2D eigenvalue weighted by molar-refractivity contribution is 5.08. The molecule has 1 saturated heterocycles. The molecule has 1 spiro atoms. The molecule has 1 heterocycles. The highest BCUT2D eigenvalue weighted by Gasteiger charge is 2.57. The van der Waals surface area contributed by atoms with Crippen LogP contribution in [0.4, 0.5) is 0 Å². The first-order valence-electron chi connectivity index (χ1n) is 6.80. The van der Waals surface area contributed by atoms with Gasteiger partial charge >= 0.3 is 0 Å². The first-order valence-corrected chi connectivity index (χ1v) is 6.80. The SMILES string of the molecule is CC1(C)COC2(CC3CC(O)C(C#N)C3C2)OC1. The minimum atomic E-state index is -0.472. The van der Waals surface area contributed by atoms with Gasteiger partial charge in [-0.2, -0.15) is 5.26 Å². The smallest absolute Gasteiger partial charge is 0.168 e. The Bertz CT molecular complexity index is 377. The molecule has 0 aromatic carbocycles. The van der Waals surface area contributed by atoms with Crippen LogP contribution >= 0.6 is 0 Å². The Kier molecular flexibility index (Phi) is 2.71. The van der Waals surface area contributed by atoms with Crippen LogP contribution in [0.5, 0.6) is 0 Å². The van der Waals surface area contributed by atoms with Crippen molar-refractivity contribution in [2.75, 3.05) is 13.2 Å². The number of fused-ring (bicyclic) bond motifs is 1. The summed E-state index contributed by atoms with van der Waals surface area (Å²) < 4.78 is 12.0. The largest absolute Gasteiger partial charge is 0.392 e. The minimum Gasteiger partial charge on any atom is -0.392 e. The summed E-state index contributed by atoms with van der Waals surface area (Å²) >= 11 is 0. The van der Waals surface area contributed by atoms with E-state index in [0.717, 1.165) is 19.3 Å². The second-order valence-electron chi connectivity index (χ2n) is 6.94. The monoisotopic (exact) mass is 251 g/mol. The van der Waals surface area contributed by atoms with E-state index in [1.54, 1.807) is 0 Å². The number of nitrogens with zero attached hydrogens (tertiary/aromatic N) is 1. The summed E-state index contributed by atoms with van der Waals surface area (Å²) in [6, 6.07) is 2.26. The van der Waals surface area contributed by atoms with Crippen molar-refractivity contribution in [3.8, 4) is 6.07 Å². The molecular formula is C14H21NO3. The molecule has 1 aliphatic heterocycles. The molecule has 3 rings (SSSR count). The van der Waals surface area contributed by atoms with Crippen molar-refractivity contribution in [1.82, 2.24) is 0 Å². The average Bonchev–Trinajstić information content (AvgIpc) is 2.77. The van der Waals surface area contributed by atoms with Gasteiger partial charge < -0.3 is 14.6 Å². The summed E-state index contributed by atoms with van der Waals surface area (Å²) in [6.07, 6.45) is 1.87. The molecule has 3 aliphatic rings. The van der Waals surface area contributed by atoms with Gasteiger partial charge in [0.05, 0.1) is 31.3 Å². The lowest BCUT2D eigenvalue weighted by molar-refractivity contribution is -0.298. The van der Waals surface area contributed by atoms with Crippen LogP contribution in [0.3, 0.4) is 0 Å². The van der Waals surface area contributed by atoms with Gasteiger partial charge in [-0.1, -0.05) is 13.8 Å². The number of hydrogen-bond acceptors (Lipinski definition) is 4. The molecule has 100 valence electrons. The molecule has 2 saturated carbocycles. The van der Waals surface area contributed by atoms with E-state index in [2.05, 4.69) is 19.9 Å². The molecule has 0 aromatic heterocycles. The van der Waals surface area contributed by atoms with Gasteiger partial charge in [0.15, 0.2) is 5.79 Å². The molecule has 18 heavy (non-hydrogen) atoms. The third-order valence-electron chi connectivity index (χ3n) is 4.75. The van der Waals surface area contributed by atoms with Gasteiger partial charge in [-0.05, 0) is 18.3 Å². The van der Waals surface area contributed by atoms with Crippen LogP contribution in [0.25, 0.3) is 0 Å². The van der Waals surface area contributed by atoms with Gasteiger partial charge in [0.1, 0.15) is 0 Å². The number of hydrogen-bond donors (Lipinski definition) is 1. The topological polar surface area (TPSA) is 62.5 Å². The first kappa shape index (κ1) is 12.4. The summed E-state index contributed by atoms with van der Waals surface area (Å²) in [6.45, 7) is 5.70. The molecule has 0 bridgehead atoms. The van der Waals surface area contributed by atoms with Crippen LogP contribution in [-0.2, 0) is 9.47 Å². The summed E-state index contributed by atoms with van der Waals surface area (Å²) in [4.78, 5) is 0. The second kappa shape index (κ2) is 3.93. The van der Waals surface area contributed by atoms with E-state index in [1.165, 1.54) is 0 Å². The van der Waals surface area contributed by atoms with E-state index < -0.39 is 11.9 Å². The predicted octanol–water partition coefficient (Wildman–Crippen LogP) is 1.69. The maximum Gasteiger partial charge on any atom is 0.168 e. The van der Waals surface area contributed by atoms with Crippen molar-refractivity contribution < 1.29 is 14.6 Å². The molecule has 0 radical (unpaired) electrons. The van der Waals surface area contributed by atoms with Crippen molar-refractivity contribution in [2.45, 2.75) is 45.0 Å². The maximum absolute atomic E-state index is 9.86.